The number of hydrogen-bond acceptors (Lipinski definition) is 3. The van der Waals surface area contributed by atoms with Crippen LogP contribution in [0.4, 0.5) is 5.69 Å². The zero-order valence-electron chi connectivity index (χ0n) is 12.2. The molecule has 5 nitrogen and oxygen atoms in total. The number of fused-ring (bicyclic) bond motifs is 1. The van der Waals surface area contributed by atoms with Gasteiger partial charge in [-0.3, -0.25) is 4.79 Å². The number of methoxy groups -OCH3 is 1. The number of ether oxygens (including phenoxy) is 1. The van der Waals surface area contributed by atoms with E-state index >= 15 is 0 Å². The molecule has 2 N–H and O–H groups in total. The number of rotatable bonds is 3. The molecule has 6 heteroatoms. The second-order valence-electron chi connectivity index (χ2n) is 4.91. The van der Waals surface area contributed by atoms with Gasteiger partial charge in [-0.2, -0.15) is 0 Å². The molecule has 1 aromatic heterocycles. The standard InChI is InChI=1S/C17H13ClN2O3/c1-23-17(22)12-4-2-3-5-13(12)20-16(21)15-8-10-6-7-11(18)9-14(10)19-15/h2-9,19H,1H3,(H,20,21). The van der Waals surface area contributed by atoms with E-state index in [-0.39, 0.29) is 5.91 Å². The van der Waals surface area contributed by atoms with Gasteiger partial charge < -0.3 is 15.0 Å². The minimum absolute atomic E-state index is 0.294. The zero-order chi connectivity index (χ0) is 16.4. The van der Waals surface area contributed by atoms with Crippen LogP contribution in [-0.4, -0.2) is 24.0 Å². The summed E-state index contributed by atoms with van der Waals surface area (Å²) in [6.07, 6.45) is 0. The van der Waals surface area contributed by atoms with E-state index in [2.05, 4.69) is 10.3 Å². The minimum atomic E-state index is -0.510. The maximum Gasteiger partial charge on any atom is 0.339 e. The number of nitrogens with one attached hydrogen (secondary N) is 2. The summed E-state index contributed by atoms with van der Waals surface area (Å²) < 4.78 is 4.71. The number of carbonyl (C=O) groups is 2. The van der Waals surface area contributed by atoms with Gasteiger partial charge in [0.25, 0.3) is 5.91 Å². The van der Waals surface area contributed by atoms with Crippen LogP contribution in [0.25, 0.3) is 10.9 Å². The van der Waals surface area contributed by atoms with E-state index in [9.17, 15) is 9.59 Å². The van der Waals surface area contributed by atoms with Crippen molar-refractivity contribution in [3.8, 4) is 0 Å². The van der Waals surface area contributed by atoms with Crippen molar-refractivity contribution in [2.24, 2.45) is 0 Å². The quantitative estimate of drug-likeness (QED) is 0.717. The Morgan fingerprint density at radius 2 is 1.91 bits per heavy atom. The number of hydrogen-bond donors (Lipinski definition) is 2. The number of halogens is 1. The van der Waals surface area contributed by atoms with Gasteiger partial charge in [0.05, 0.1) is 18.4 Å². The highest BCUT2D eigenvalue weighted by Crippen LogP contribution is 2.21. The Labute approximate surface area is 137 Å². The molecular formula is C17H13ClN2O3. The van der Waals surface area contributed by atoms with Crippen molar-refractivity contribution in [3.05, 3.63) is 64.8 Å². The van der Waals surface area contributed by atoms with Gasteiger partial charge >= 0.3 is 5.97 Å². The van der Waals surface area contributed by atoms with Gasteiger partial charge in [0.1, 0.15) is 5.69 Å². The van der Waals surface area contributed by atoms with Gasteiger partial charge in [0.2, 0.25) is 0 Å². The van der Waals surface area contributed by atoms with Crippen LogP contribution in [0, 0.1) is 0 Å². The fraction of sp³-hybridized carbons (Fsp3) is 0.0588. The predicted octanol–water partition coefficient (Wildman–Crippen LogP) is 3.86. The zero-order valence-corrected chi connectivity index (χ0v) is 13.0. The van der Waals surface area contributed by atoms with Gasteiger partial charge in [-0.15, -0.1) is 0 Å². The van der Waals surface area contributed by atoms with E-state index in [1.165, 1.54) is 7.11 Å². The lowest BCUT2D eigenvalue weighted by Crippen LogP contribution is -2.15. The molecule has 3 rings (SSSR count). The summed E-state index contributed by atoms with van der Waals surface area (Å²) in [5.74, 6) is -0.863. The molecule has 3 aromatic rings. The first kappa shape index (κ1) is 15.1. The molecule has 0 aliphatic rings. The molecule has 0 saturated heterocycles. The van der Waals surface area contributed by atoms with Gasteiger partial charge in [0.15, 0.2) is 0 Å². The highest BCUT2D eigenvalue weighted by molar-refractivity contribution is 6.31. The number of anilines is 1. The van der Waals surface area contributed by atoms with E-state index in [0.717, 1.165) is 10.9 Å². The summed E-state index contributed by atoms with van der Waals surface area (Å²) in [6.45, 7) is 0. The minimum Gasteiger partial charge on any atom is -0.465 e. The SMILES string of the molecule is COC(=O)c1ccccc1NC(=O)c1cc2ccc(Cl)cc2[nH]1. The lowest BCUT2D eigenvalue weighted by Gasteiger charge is -2.08. The van der Waals surface area contributed by atoms with Gasteiger partial charge in [-0.25, -0.2) is 4.79 Å². The molecule has 0 radical (unpaired) electrons. The summed E-state index contributed by atoms with van der Waals surface area (Å²) in [7, 11) is 1.29. The molecular weight excluding hydrogens is 316 g/mol. The first-order valence-electron chi connectivity index (χ1n) is 6.85. The summed E-state index contributed by atoms with van der Waals surface area (Å²) in [5.41, 5.74) is 1.83. The molecule has 0 bridgehead atoms. The predicted molar refractivity (Wildman–Crippen MR) is 89.0 cm³/mol. The lowest BCUT2D eigenvalue weighted by molar-refractivity contribution is 0.0602. The fourth-order valence-corrected chi connectivity index (χ4v) is 2.46. The smallest absolute Gasteiger partial charge is 0.339 e. The van der Waals surface area contributed by atoms with Crippen LogP contribution in [0.15, 0.2) is 48.5 Å². The maximum absolute atomic E-state index is 12.4. The number of carbonyl (C=O) groups excluding carboxylic acids is 2. The molecule has 116 valence electrons. The van der Waals surface area contributed by atoms with Crippen molar-refractivity contribution in [1.82, 2.24) is 4.98 Å². The van der Waals surface area contributed by atoms with E-state index in [1.807, 2.05) is 6.07 Å². The van der Waals surface area contributed by atoms with E-state index in [4.69, 9.17) is 16.3 Å². The van der Waals surface area contributed by atoms with Gasteiger partial charge in [-0.05, 0) is 30.3 Å². The Bertz CT molecular complexity index is 902. The van der Waals surface area contributed by atoms with Crippen molar-refractivity contribution < 1.29 is 14.3 Å². The Morgan fingerprint density at radius 3 is 2.70 bits per heavy atom. The molecule has 0 spiro atoms. The van der Waals surface area contributed by atoms with Crippen molar-refractivity contribution in [1.29, 1.82) is 0 Å². The molecule has 1 heterocycles. The molecule has 1 amide bonds. The number of aromatic nitrogens is 1. The average molecular weight is 329 g/mol. The highest BCUT2D eigenvalue weighted by Gasteiger charge is 2.15. The first-order chi connectivity index (χ1) is 11.1. The molecule has 0 atom stereocenters. The number of aromatic amines is 1. The summed E-state index contributed by atoms with van der Waals surface area (Å²) in [4.78, 5) is 27.1. The number of amides is 1. The molecule has 2 aromatic carbocycles. The lowest BCUT2D eigenvalue weighted by atomic mass is 10.1. The van der Waals surface area contributed by atoms with Crippen LogP contribution >= 0.6 is 11.6 Å². The van der Waals surface area contributed by atoms with E-state index in [1.54, 1.807) is 42.5 Å². The van der Waals surface area contributed by atoms with Gasteiger partial charge in [0, 0.05) is 15.9 Å². The maximum atomic E-state index is 12.4. The van der Waals surface area contributed by atoms with Crippen LogP contribution in [0.3, 0.4) is 0 Å². The van der Waals surface area contributed by atoms with Crippen LogP contribution in [0.1, 0.15) is 20.8 Å². The van der Waals surface area contributed by atoms with Crippen molar-refractivity contribution in [3.63, 3.8) is 0 Å². The van der Waals surface area contributed by atoms with Crippen molar-refractivity contribution in [2.75, 3.05) is 12.4 Å². The molecule has 23 heavy (non-hydrogen) atoms. The Balaban J connectivity index is 1.90. The topological polar surface area (TPSA) is 71.2 Å². The molecule has 0 saturated carbocycles. The van der Waals surface area contributed by atoms with Crippen LogP contribution in [0.2, 0.25) is 5.02 Å². The second-order valence-corrected chi connectivity index (χ2v) is 5.34. The molecule has 0 unspecified atom stereocenters. The fourth-order valence-electron chi connectivity index (χ4n) is 2.29. The van der Waals surface area contributed by atoms with Crippen LogP contribution < -0.4 is 5.32 Å². The number of para-hydroxylation sites is 1. The highest BCUT2D eigenvalue weighted by atomic mass is 35.5. The van der Waals surface area contributed by atoms with Crippen LogP contribution in [0.5, 0.6) is 0 Å². The van der Waals surface area contributed by atoms with Crippen molar-refractivity contribution >= 4 is 40.1 Å². The Hall–Kier alpha value is -2.79. The number of esters is 1. The van der Waals surface area contributed by atoms with Gasteiger partial charge in [-0.1, -0.05) is 29.8 Å². The molecule has 0 aliphatic carbocycles. The molecule has 0 fully saturated rings. The van der Waals surface area contributed by atoms with Crippen LogP contribution in [-0.2, 0) is 4.74 Å². The third-order valence-electron chi connectivity index (χ3n) is 3.41. The third kappa shape index (κ3) is 3.05. The normalized spacial score (nSPS) is 10.5. The number of H-pyrrole nitrogens is 1. The van der Waals surface area contributed by atoms with E-state index < -0.39 is 5.97 Å². The molecule has 0 aliphatic heterocycles. The largest absolute Gasteiger partial charge is 0.465 e. The summed E-state index contributed by atoms with van der Waals surface area (Å²) >= 11 is 5.94. The second kappa shape index (κ2) is 6.14. The summed E-state index contributed by atoms with van der Waals surface area (Å²) in [6, 6.07) is 13.7. The first-order valence-corrected chi connectivity index (χ1v) is 7.23. The Kier molecular flexibility index (Phi) is 4.04. The Morgan fingerprint density at radius 1 is 1.13 bits per heavy atom. The monoisotopic (exact) mass is 328 g/mol. The average Bonchev–Trinajstić information content (AvgIpc) is 2.98. The van der Waals surface area contributed by atoms with E-state index in [0.29, 0.717) is 22.0 Å². The number of benzene rings is 2. The third-order valence-corrected chi connectivity index (χ3v) is 3.64. The van der Waals surface area contributed by atoms with Crippen molar-refractivity contribution in [2.45, 2.75) is 0 Å². The summed E-state index contributed by atoms with van der Waals surface area (Å²) in [5, 5.41) is 4.17.